The predicted octanol–water partition coefficient (Wildman–Crippen LogP) is 16.7. The summed E-state index contributed by atoms with van der Waals surface area (Å²) in [6.07, 6.45) is 0. The van der Waals surface area contributed by atoms with Crippen LogP contribution in [0.15, 0.2) is 72.8 Å². The molecule has 0 spiro atoms. The maximum atomic E-state index is 6.67. The molecule has 2 aliphatic heterocycles. The molecular formula is C56H76O6P2. The van der Waals surface area contributed by atoms with Crippen LogP contribution < -0.4 is 9.05 Å². The van der Waals surface area contributed by atoms with E-state index in [2.05, 4.69) is 197 Å². The molecule has 2 fully saturated rings. The van der Waals surface area contributed by atoms with Crippen molar-refractivity contribution in [3.05, 3.63) is 117 Å². The number of rotatable bonds is 6. The van der Waals surface area contributed by atoms with Gasteiger partial charge in [-0.2, -0.15) is 0 Å². The average Bonchev–Trinajstić information content (AvgIpc) is 3.18. The molecule has 0 aliphatic carbocycles. The Kier molecular flexibility index (Phi) is 13.4. The van der Waals surface area contributed by atoms with Crippen molar-refractivity contribution in [3.8, 4) is 11.5 Å². The minimum Gasteiger partial charge on any atom is -0.426 e. The van der Waals surface area contributed by atoms with Crippen LogP contribution in [0.4, 0.5) is 0 Å². The monoisotopic (exact) mass is 907 g/mol. The fourth-order valence-electron chi connectivity index (χ4n) is 8.68. The maximum absolute atomic E-state index is 6.67. The lowest BCUT2D eigenvalue weighted by Gasteiger charge is -2.32. The summed E-state index contributed by atoms with van der Waals surface area (Å²) in [6, 6.07) is 27.4. The highest BCUT2D eigenvalue weighted by Crippen LogP contribution is 2.52. The van der Waals surface area contributed by atoms with E-state index in [9.17, 15) is 0 Å². The third kappa shape index (κ3) is 10.9. The van der Waals surface area contributed by atoms with Crippen molar-refractivity contribution in [2.75, 3.05) is 26.4 Å². The molecule has 0 N–H and O–H groups in total. The Morgan fingerprint density at radius 2 is 0.672 bits per heavy atom. The largest absolute Gasteiger partial charge is 0.426 e. The zero-order chi connectivity index (χ0) is 46.9. The van der Waals surface area contributed by atoms with Crippen LogP contribution in [0.5, 0.6) is 11.5 Å². The molecule has 0 atom stereocenters. The molecule has 5 aromatic carbocycles. The standard InChI is InChI=1S/C56H76O6P2/c1-51(2,3)41-23-37-25-47(55(13,14)15)49(29-43(37)45(27-41)53(7,8)9)61-63-57-31-39(32-58-63)35-19-21-36(22-20-35)40-33-59-64(60-34-40)62-50-30-44-38(26-48(50)56(16,17)18)24-42(52(4,5)6)28-46(44)54(10,11)12/h19-30,39-40H,31-34H2,1-18H3. The van der Waals surface area contributed by atoms with E-state index in [1.54, 1.807) is 0 Å². The van der Waals surface area contributed by atoms with Crippen molar-refractivity contribution in [1.82, 2.24) is 0 Å². The summed E-state index contributed by atoms with van der Waals surface area (Å²) >= 11 is 0. The number of hydrogen-bond acceptors (Lipinski definition) is 6. The van der Waals surface area contributed by atoms with E-state index in [0.29, 0.717) is 26.4 Å². The van der Waals surface area contributed by atoms with Gasteiger partial charge in [-0.1, -0.05) is 173 Å². The van der Waals surface area contributed by atoms with Gasteiger partial charge in [0.1, 0.15) is 11.5 Å². The van der Waals surface area contributed by atoms with E-state index in [1.165, 1.54) is 54.9 Å². The molecular weight excluding hydrogens is 831 g/mol. The Morgan fingerprint density at radius 1 is 0.375 bits per heavy atom. The van der Waals surface area contributed by atoms with E-state index in [4.69, 9.17) is 27.1 Å². The van der Waals surface area contributed by atoms with Crippen molar-refractivity contribution in [3.63, 3.8) is 0 Å². The highest BCUT2D eigenvalue weighted by atomic mass is 31.2. The lowest BCUT2D eigenvalue weighted by atomic mass is 9.76. The van der Waals surface area contributed by atoms with Crippen molar-refractivity contribution in [2.24, 2.45) is 0 Å². The van der Waals surface area contributed by atoms with Crippen molar-refractivity contribution in [2.45, 2.75) is 169 Å². The molecule has 5 aromatic rings. The third-order valence-electron chi connectivity index (χ3n) is 12.8. The maximum Gasteiger partial charge on any atom is 0.397 e. The van der Waals surface area contributed by atoms with Gasteiger partial charge in [-0.25, -0.2) is 0 Å². The van der Waals surface area contributed by atoms with Crippen LogP contribution in [-0.2, 0) is 50.6 Å². The molecule has 2 heterocycles. The van der Waals surface area contributed by atoms with E-state index >= 15 is 0 Å². The third-order valence-corrected chi connectivity index (χ3v) is 15.0. The minimum absolute atomic E-state index is 0.0377. The summed E-state index contributed by atoms with van der Waals surface area (Å²) in [5, 5.41) is 4.93. The molecule has 64 heavy (non-hydrogen) atoms. The van der Waals surface area contributed by atoms with E-state index < -0.39 is 17.2 Å². The minimum atomic E-state index is -1.56. The van der Waals surface area contributed by atoms with Crippen LogP contribution in [0.3, 0.4) is 0 Å². The molecule has 2 aliphatic rings. The van der Waals surface area contributed by atoms with Crippen LogP contribution in [0.2, 0.25) is 0 Å². The highest BCUT2D eigenvalue weighted by molar-refractivity contribution is 7.42. The van der Waals surface area contributed by atoms with Crippen LogP contribution >= 0.6 is 17.2 Å². The van der Waals surface area contributed by atoms with Gasteiger partial charge in [0, 0.05) is 23.0 Å². The van der Waals surface area contributed by atoms with Gasteiger partial charge in [0.25, 0.3) is 0 Å². The molecule has 346 valence electrons. The lowest BCUT2D eigenvalue weighted by molar-refractivity contribution is 0.124. The first kappa shape index (κ1) is 48.8. The van der Waals surface area contributed by atoms with E-state index in [0.717, 1.165) is 22.6 Å². The Hall–Kier alpha value is -3.08. The van der Waals surface area contributed by atoms with Crippen LogP contribution in [0, 0.1) is 0 Å². The SMILES string of the molecule is CC(C)(C)c1cc(C(C)(C)C)c2cc(OP3OCC(c4ccc(C5COP(Oc6cc7c(C(C)(C)C)cc(C(C)(C)C)cc7cc6C(C)(C)C)OC5)cc4)CO3)c(C(C)(C)C)cc2c1. The van der Waals surface area contributed by atoms with Gasteiger partial charge in [0.2, 0.25) is 0 Å². The van der Waals surface area contributed by atoms with Crippen molar-refractivity contribution < 1.29 is 27.1 Å². The van der Waals surface area contributed by atoms with Crippen molar-refractivity contribution in [1.29, 1.82) is 0 Å². The summed E-state index contributed by atoms with van der Waals surface area (Å²) in [7, 11) is -3.12. The topological polar surface area (TPSA) is 55.4 Å². The molecule has 0 bridgehead atoms. The van der Waals surface area contributed by atoms with Crippen LogP contribution in [-0.4, -0.2) is 26.4 Å². The quantitative estimate of drug-likeness (QED) is 0.158. The molecule has 0 aromatic heterocycles. The Bertz CT molecular complexity index is 2290. The second-order valence-corrected chi connectivity index (χ2v) is 26.9. The normalized spacial score (nSPS) is 20.8. The Labute approximate surface area is 388 Å². The molecule has 0 amide bonds. The first-order valence-electron chi connectivity index (χ1n) is 23.3. The van der Waals surface area contributed by atoms with Crippen LogP contribution in [0.1, 0.15) is 181 Å². The first-order valence-corrected chi connectivity index (χ1v) is 25.5. The zero-order valence-electron chi connectivity index (χ0n) is 42.3. The van der Waals surface area contributed by atoms with Gasteiger partial charge in [-0.05, 0) is 112 Å². The zero-order valence-corrected chi connectivity index (χ0v) is 44.0. The number of hydrogen-bond donors (Lipinski definition) is 0. The summed E-state index contributed by atoms with van der Waals surface area (Å²) in [5.41, 5.74) is 9.74. The predicted molar refractivity (Wildman–Crippen MR) is 271 cm³/mol. The summed E-state index contributed by atoms with van der Waals surface area (Å²) < 4.78 is 38.8. The summed E-state index contributed by atoms with van der Waals surface area (Å²) in [5.74, 6) is 1.89. The lowest BCUT2D eigenvalue weighted by Crippen LogP contribution is -2.21. The fourth-order valence-corrected chi connectivity index (χ4v) is 10.9. The van der Waals surface area contributed by atoms with Gasteiger partial charge >= 0.3 is 17.2 Å². The Morgan fingerprint density at radius 3 is 0.938 bits per heavy atom. The Balaban J connectivity index is 1.01. The second-order valence-electron chi connectivity index (χ2n) is 24.6. The second kappa shape index (κ2) is 17.5. The average molecular weight is 907 g/mol. The molecule has 6 nitrogen and oxygen atoms in total. The summed E-state index contributed by atoms with van der Waals surface area (Å²) in [4.78, 5) is 0. The van der Waals surface area contributed by atoms with Crippen molar-refractivity contribution >= 4 is 38.7 Å². The van der Waals surface area contributed by atoms with Gasteiger partial charge in [0.05, 0.1) is 26.4 Å². The molecule has 2 saturated heterocycles. The van der Waals surface area contributed by atoms with Gasteiger partial charge in [-0.3, -0.25) is 0 Å². The summed E-state index contributed by atoms with van der Waals surface area (Å²) in [6.45, 7) is 43.0. The molecule has 0 saturated carbocycles. The van der Waals surface area contributed by atoms with Gasteiger partial charge in [-0.15, -0.1) is 0 Å². The van der Waals surface area contributed by atoms with E-state index in [-0.39, 0.29) is 44.3 Å². The molecule has 0 radical (unpaired) electrons. The van der Waals surface area contributed by atoms with E-state index in [1.807, 2.05) is 0 Å². The molecule has 8 heteroatoms. The molecule has 7 rings (SSSR count). The highest BCUT2D eigenvalue weighted by Gasteiger charge is 2.34. The molecule has 0 unspecified atom stereocenters. The number of fused-ring (bicyclic) bond motifs is 2. The van der Waals surface area contributed by atoms with Gasteiger partial charge < -0.3 is 27.1 Å². The van der Waals surface area contributed by atoms with Gasteiger partial charge in [0.15, 0.2) is 0 Å². The smallest absolute Gasteiger partial charge is 0.397 e. The first-order chi connectivity index (χ1) is 29.5. The van der Waals surface area contributed by atoms with Crippen LogP contribution in [0.25, 0.3) is 21.5 Å². The number of benzene rings is 5. The fraction of sp³-hybridized carbons (Fsp3) is 0.536.